The normalized spacial score (nSPS) is 12.5. The number of nitrogens with zero attached hydrogens (tertiary/aromatic N) is 3. The fourth-order valence-corrected chi connectivity index (χ4v) is 12.2. The summed E-state index contributed by atoms with van der Waals surface area (Å²) in [5.41, 5.74) is 15.8. The molecule has 12 aromatic carbocycles. The van der Waals surface area contributed by atoms with Crippen molar-refractivity contribution in [1.82, 2.24) is 13.5 Å². The molecule has 0 unspecified atom stereocenters. The summed E-state index contributed by atoms with van der Waals surface area (Å²) in [6, 6.07) is 83.8. The van der Waals surface area contributed by atoms with Gasteiger partial charge in [0.05, 0.1) is 38.6 Å². The highest BCUT2D eigenvalue weighted by Crippen LogP contribution is 2.44. The van der Waals surface area contributed by atoms with Crippen molar-refractivity contribution in [1.29, 1.82) is 0 Å². The van der Waals surface area contributed by atoms with Crippen molar-refractivity contribution in [3.63, 3.8) is 0 Å². The van der Waals surface area contributed by atoms with E-state index < -0.39 is 0 Å². The van der Waals surface area contributed by atoms with Gasteiger partial charge in [-0.3, -0.25) is 0 Å². The molecule has 308 valence electrons. The lowest BCUT2D eigenvalue weighted by molar-refractivity contribution is 1.18. The number of benzene rings is 12. The van der Waals surface area contributed by atoms with Crippen molar-refractivity contribution in [3.8, 4) is 33.6 Å². The molecule has 4 heterocycles. The standard InChI is InChI=1S/C64H37N3/c1-5-16-56-47(12-1)52-34-42(26-32-60(52)65(56)44-28-22-38(23-29-44)46-30-24-41-21-20-39-10-9-11-40-25-31-51(46)63(41)62(39)40)43-27-33-61-53(35-43)48-13-2-6-17-57(48)66(61)45-36-54-49-14-3-7-18-58(49)67-59-19-8-4-15-50(59)55(37-45)64(54)67/h1-37H. The second-order valence-electron chi connectivity index (χ2n) is 18.4. The molecule has 0 bridgehead atoms. The minimum Gasteiger partial charge on any atom is -0.309 e. The van der Waals surface area contributed by atoms with Gasteiger partial charge >= 0.3 is 0 Å². The average Bonchev–Trinajstić information content (AvgIpc) is 4.12. The van der Waals surface area contributed by atoms with E-state index >= 15 is 0 Å². The molecule has 4 aromatic heterocycles. The van der Waals surface area contributed by atoms with Crippen LogP contribution >= 0.6 is 0 Å². The Morgan fingerprint density at radius 3 is 1.27 bits per heavy atom. The van der Waals surface area contributed by atoms with Gasteiger partial charge in [-0.25, -0.2) is 0 Å². The molecule has 0 N–H and O–H groups in total. The zero-order valence-electron chi connectivity index (χ0n) is 36.2. The molecule has 0 aliphatic rings. The van der Waals surface area contributed by atoms with E-state index in [-0.39, 0.29) is 0 Å². The van der Waals surface area contributed by atoms with Crippen molar-refractivity contribution >= 4 is 114 Å². The van der Waals surface area contributed by atoms with Gasteiger partial charge in [-0.1, -0.05) is 152 Å². The second-order valence-corrected chi connectivity index (χ2v) is 18.4. The zero-order chi connectivity index (χ0) is 43.5. The molecule has 0 atom stereocenters. The molecule has 0 amide bonds. The maximum Gasteiger partial charge on any atom is 0.0622 e. The molecule has 0 aliphatic heterocycles. The SMILES string of the molecule is c1cc2ccc3ccc(-c4ccc(-n5c6ccccc6c6cc(-c7ccc8c(c7)c7ccccc7n8-c7cc8c9ccccc9n9c%10ccccc%10c(c7)c89)ccc65)cc4)c4ccc(c1)c2c34. The number of para-hydroxylation sites is 4. The molecule has 0 spiro atoms. The van der Waals surface area contributed by atoms with E-state index in [2.05, 4.69) is 238 Å². The minimum absolute atomic E-state index is 1.15. The van der Waals surface area contributed by atoms with Crippen LogP contribution in [0.5, 0.6) is 0 Å². The van der Waals surface area contributed by atoms with Crippen LogP contribution in [-0.4, -0.2) is 13.5 Å². The van der Waals surface area contributed by atoms with Gasteiger partial charge in [-0.15, -0.1) is 0 Å². The molecule has 3 nitrogen and oxygen atoms in total. The summed E-state index contributed by atoms with van der Waals surface area (Å²) < 4.78 is 7.36. The topological polar surface area (TPSA) is 14.3 Å². The molecule has 67 heavy (non-hydrogen) atoms. The van der Waals surface area contributed by atoms with E-state index in [0.717, 1.165) is 5.69 Å². The molecule has 0 radical (unpaired) electrons. The van der Waals surface area contributed by atoms with Crippen molar-refractivity contribution in [2.75, 3.05) is 0 Å². The van der Waals surface area contributed by atoms with Gasteiger partial charge in [0.15, 0.2) is 0 Å². The number of hydrogen-bond donors (Lipinski definition) is 0. The summed E-state index contributed by atoms with van der Waals surface area (Å²) in [6.07, 6.45) is 0. The fourth-order valence-electron chi connectivity index (χ4n) is 12.2. The van der Waals surface area contributed by atoms with Crippen LogP contribution in [0.25, 0.3) is 148 Å². The first kappa shape index (κ1) is 35.4. The highest BCUT2D eigenvalue weighted by molar-refractivity contribution is 6.26. The predicted molar refractivity (Wildman–Crippen MR) is 284 cm³/mol. The summed E-state index contributed by atoms with van der Waals surface area (Å²) in [6.45, 7) is 0. The number of fused-ring (bicyclic) bond motifs is 12. The van der Waals surface area contributed by atoms with Crippen LogP contribution in [-0.2, 0) is 0 Å². The Balaban J connectivity index is 0.830. The van der Waals surface area contributed by atoms with Gasteiger partial charge in [-0.2, -0.15) is 0 Å². The zero-order valence-corrected chi connectivity index (χ0v) is 36.2. The molecule has 0 fully saturated rings. The molecular formula is C64H37N3. The maximum atomic E-state index is 2.48. The third-order valence-electron chi connectivity index (χ3n) is 15.1. The second kappa shape index (κ2) is 12.9. The van der Waals surface area contributed by atoms with Gasteiger partial charge in [0.1, 0.15) is 0 Å². The van der Waals surface area contributed by atoms with Crippen LogP contribution in [0.4, 0.5) is 0 Å². The van der Waals surface area contributed by atoms with Crippen molar-refractivity contribution < 1.29 is 0 Å². The molecule has 0 saturated carbocycles. The Kier molecular flexibility index (Phi) is 6.81. The first-order chi connectivity index (χ1) is 33.2. The smallest absolute Gasteiger partial charge is 0.0622 e. The summed E-state index contributed by atoms with van der Waals surface area (Å²) in [5.74, 6) is 0. The highest BCUT2D eigenvalue weighted by Gasteiger charge is 2.22. The summed E-state index contributed by atoms with van der Waals surface area (Å²) in [4.78, 5) is 0. The third kappa shape index (κ3) is 4.69. The van der Waals surface area contributed by atoms with E-state index in [0.29, 0.717) is 0 Å². The van der Waals surface area contributed by atoms with E-state index in [1.807, 2.05) is 0 Å². The van der Waals surface area contributed by atoms with E-state index in [1.165, 1.54) is 142 Å². The summed E-state index contributed by atoms with van der Waals surface area (Å²) in [5, 5.41) is 18.0. The number of hydrogen-bond acceptors (Lipinski definition) is 0. The van der Waals surface area contributed by atoms with Gasteiger partial charge in [0.2, 0.25) is 0 Å². The number of aromatic nitrogens is 3. The first-order valence-corrected chi connectivity index (χ1v) is 23.3. The lowest BCUT2D eigenvalue weighted by Gasteiger charge is -2.15. The van der Waals surface area contributed by atoms with Crippen LogP contribution < -0.4 is 0 Å². The van der Waals surface area contributed by atoms with E-state index in [1.54, 1.807) is 0 Å². The third-order valence-corrected chi connectivity index (χ3v) is 15.1. The molecule has 3 heteroatoms. The van der Waals surface area contributed by atoms with Crippen LogP contribution in [0.3, 0.4) is 0 Å². The minimum atomic E-state index is 1.15. The van der Waals surface area contributed by atoms with E-state index in [4.69, 9.17) is 0 Å². The van der Waals surface area contributed by atoms with Gasteiger partial charge in [-0.05, 0) is 127 Å². The molecular weight excluding hydrogens is 811 g/mol. The fraction of sp³-hybridized carbons (Fsp3) is 0. The van der Waals surface area contributed by atoms with Gasteiger partial charge < -0.3 is 13.5 Å². The molecule has 16 rings (SSSR count). The largest absolute Gasteiger partial charge is 0.309 e. The van der Waals surface area contributed by atoms with Crippen molar-refractivity contribution in [2.45, 2.75) is 0 Å². The van der Waals surface area contributed by atoms with Crippen LogP contribution in [0, 0.1) is 0 Å². The maximum absolute atomic E-state index is 2.48. The number of rotatable bonds is 4. The van der Waals surface area contributed by atoms with Crippen LogP contribution in [0.15, 0.2) is 224 Å². The predicted octanol–water partition coefficient (Wildman–Crippen LogP) is 17.3. The van der Waals surface area contributed by atoms with Crippen LogP contribution in [0.2, 0.25) is 0 Å². The lowest BCUT2D eigenvalue weighted by Crippen LogP contribution is -1.94. The van der Waals surface area contributed by atoms with Gasteiger partial charge in [0.25, 0.3) is 0 Å². The Hall–Kier alpha value is -8.92. The Morgan fingerprint density at radius 2 is 0.687 bits per heavy atom. The monoisotopic (exact) mass is 847 g/mol. The van der Waals surface area contributed by atoms with Crippen molar-refractivity contribution in [2.24, 2.45) is 0 Å². The Bertz CT molecular complexity index is 4630. The highest BCUT2D eigenvalue weighted by atomic mass is 15.0. The quantitative estimate of drug-likeness (QED) is 0.157. The Labute approximate surface area is 383 Å². The lowest BCUT2D eigenvalue weighted by atomic mass is 9.90. The van der Waals surface area contributed by atoms with E-state index in [9.17, 15) is 0 Å². The van der Waals surface area contributed by atoms with Crippen LogP contribution in [0.1, 0.15) is 0 Å². The Morgan fingerprint density at radius 1 is 0.239 bits per heavy atom. The molecule has 16 aromatic rings. The summed E-state index contributed by atoms with van der Waals surface area (Å²) in [7, 11) is 0. The van der Waals surface area contributed by atoms with Crippen molar-refractivity contribution in [3.05, 3.63) is 224 Å². The average molecular weight is 848 g/mol. The summed E-state index contributed by atoms with van der Waals surface area (Å²) >= 11 is 0. The van der Waals surface area contributed by atoms with Gasteiger partial charge in [0, 0.05) is 54.5 Å². The first-order valence-electron chi connectivity index (χ1n) is 23.3. The molecule has 0 saturated heterocycles. The molecule has 0 aliphatic carbocycles.